The van der Waals surface area contributed by atoms with E-state index in [9.17, 15) is 10.1 Å². The Morgan fingerprint density at radius 1 is 1.18 bits per heavy atom. The van der Waals surface area contributed by atoms with Gasteiger partial charge in [0.2, 0.25) is 5.88 Å². The Morgan fingerprint density at radius 2 is 1.94 bits per heavy atom. The van der Waals surface area contributed by atoms with E-state index in [0.29, 0.717) is 47.3 Å². The number of ketones is 1. The number of allylic oxidation sites excluding steroid dienone is 3. The third kappa shape index (κ3) is 4.62. The molecule has 34 heavy (non-hydrogen) atoms. The molecule has 0 spiro atoms. The smallest absolute Gasteiger partial charge is 0.205 e. The van der Waals surface area contributed by atoms with Gasteiger partial charge in [-0.3, -0.25) is 4.79 Å². The number of ether oxygens (including phenoxy) is 3. The van der Waals surface area contributed by atoms with E-state index >= 15 is 0 Å². The van der Waals surface area contributed by atoms with Crippen LogP contribution in [0.3, 0.4) is 0 Å². The van der Waals surface area contributed by atoms with Gasteiger partial charge in [-0.2, -0.15) is 5.26 Å². The average Bonchev–Trinajstić information content (AvgIpc) is 2.77. The Kier molecular flexibility index (Phi) is 6.58. The van der Waals surface area contributed by atoms with Crippen LogP contribution in [0, 0.1) is 16.7 Å². The summed E-state index contributed by atoms with van der Waals surface area (Å²) in [5, 5.41) is 10.5. The van der Waals surface area contributed by atoms with Crippen molar-refractivity contribution in [3.63, 3.8) is 0 Å². The van der Waals surface area contributed by atoms with E-state index in [1.807, 2.05) is 57.2 Å². The molecule has 0 bridgehead atoms. The SMILES string of the molecule is CCOc1cc([C@H]2C(C#N)=C(N)OC3=C2C(=O)CC(C)(C)C3)ccc1OCc1ccccc1Cl. The van der Waals surface area contributed by atoms with Gasteiger partial charge < -0.3 is 19.9 Å². The highest BCUT2D eigenvalue weighted by Gasteiger charge is 2.43. The maximum Gasteiger partial charge on any atom is 0.205 e. The van der Waals surface area contributed by atoms with Gasteiger partial charge in [-0.05, 0) is 36.1 Å². The molecule has 6 nitrogen and oxygen atoms in total. The molecule has 7 heteroatoms. The molecule has 2 N–H and O–H groups in total. The van der Waals surface area contributed by atoms with Crippen LogP contribution in [0.5, 0.6) is 11.5 Å². The molecule has 2 aliphatic rings. The number of carbonyl (C=O) groups excluding carboxylic acids is 1. The van der Waals surface area contributed by atoms with Crippen LogP contribution in [-0.2, 0) is 16.1 Å². The summed E-state index contributed by atoms with van der Waals surface area (Å²) >= 11 is 6.25. The predicted molar refractivity (Wildman–Crippen MR) is 129 cm³/mol. The second-order valence-corrected chi connectivity index (χ2v) is 9.63. The van der Waals surface area contributed by atoms with Gasteiger partial charge in [-0.15, -0.1) is 0 Å². The molecular weight excluding hydrogens is 452 g/mol. The lowest BCUT2D eigenvalue weighted by Crippen LogP contribution is -2.33. The molecule has 4 rings (SSSR count). The second kappa shape index (κ2) is 9.44. The van der Waals surface area contributed by atoms with Crippen molar-refractivity contribution in [3.8, 4) is 17.6 Å². The summed E-state index contributed by atoms with van der Waals surface area (Å²) < 4.78 is 17.6. The van der Waals surface area contributed by atoms with E-state index < -0.39 is 5.92 Å². The molecule has 1 atom stereocenters. The standard InChI is InChI=1S/C27H27ClN2O4/c1-4-32-22-11-16(9-10-21(22)33-15-17-7-5-6-8-19(17)28)24-18(14-29)26(30)34-23-13-27(2,3)12-20(31)25(23)24/h5-11,24H,4,12-13,15,30H2,1-3H3/t24-/m0/s1. The topological polar surface area (TPSA) is 94.6 Å². The number of rotatable bonds is 6. The highest BCUT2D eigenvalue weighted by molar-refractivity contribution is 6.31. The summed E-state index contributed by atoms with van der Waals surface area (Å²) in [4.78, 5) is 13.2. The molecule has 2 aromatic rings. The minimum absolute atomic E-state index is 0.0338. The number of halogens is 1. The summed E-state index contributed by atoms with van der Waals surface area (Å²) in [7, 11) is 0. The summed E-state index contributed by atoms with van der Waals surface area (Å²) in [6, 6.07) is 15.1. The molecule has 1 heterocycles. The average molecular weight is 479 g/mol. The zero-order valence-corrected chi connectivity index (χ0v) is 20.2. The molecule has 0 amide bonds. The van der Waals surface area contributed by atoms with Crippen molar-refractivity contribution in [1.82, 2.24) is 0 Å². The maximum absolute atomic E-state index is 13.2. The Morgan fingerprint density at radius 3 is 2.65 bits per heavy atom. The molecule has 0 aromatic heterocycles. The van der Waals surface area contributed by atoms with Gasteiger partial charge in [0.1, 0.15) is 24.0 Å². The molecule has 0 fully saturated rings. The number of nitrogens with zero attached hydrogens (tertiary/aromatic N) is 1. The van der Waals surface area contributed by atoms with Crippen molar-refractivity contribution in [2.45, 2.75) is 46.1 Å². The van der Waals surface area contributed by atoms with Gasteiger partial charge in [0, 0.05) is 29.0 Å². The molecule has 0 saturated carbocycles. The van der Waals surface area contributed by atoms with E-state index in [-0.39, 0.29) is 29.3 Å². The van der Waals surface area contributed by atoms with Crippen LogP contribution < -0.4 is 15.2 Å². The van der Waals surface area contributed by atoms with Gasteiger partial charge in [-0.25, -0.2) is 0 Å². The molecule has 0 saturated heterocycles. The first-order valence-electron chi connectivity index (χ1n) is 11.2. The largest absolute Gasteiger partial charge is 0.490 e. The number of Topliss-reactive ketones (excluding diaryl/α,β-unsaturated/α-hetero) is 1. The first kappa shape index (κ1) is 23.7. The van der Waals surface area contributed by atoms with E-state index in [2.05, 4.69) is 6.07 Å². The Balaban J connectivity index is 1.73. The lowest BCUT2D eigenvalue weighted by atomic mass is 9.70. The predicted octanol–water partition coefficient (Wildman–Crippen LogP) is 5.77. The number of nitrogens with two attached hydrogens (primary N) is 1. The number of hydrogen-bond acceptors (Lipinski definition) is 6. The zero-order chi connectivity index (χ0) is 24.5. The maximum atomic E-state index is 13.2. The zero-order valence-electron chi connectivity index (χ0n) is 19.5. The van der Waals surface area contributed by atoms with Crippen LogP contribution >= 0.6 is 11.6 Å². The normalized spacial score (nSPS) is 19.3. The van der Waals surface area contributed by atoms with Gasteiger partial charge in [0.25, 0.3) is 0 Å². The van der Waals surface area contributed by atoms with Crippen LogP contribution in [0.1, 0.15) is 50.7 Å². The molecule has 0 radical (unpaired) electrons. The third-order valence-electron chi connectivity index (χ3n) is 6.02. The fourth-order valence-corrected chi connectivity index (χ4v) is 4.67. The van der Waals surface area contributed by atoms with Crippen molar-refractivity contribution >= 4 is 17.4 Å². The highest BCUT2D eigenvalue weighted by atomic mass is 35.5. The molecule has 1 aliphatic carbocycles. The Bertz CT molecular complexity index is 1240. The van der Waals surface area contributed by atoms with Gasteiger partial charge in [0.05, 0.1) is 12.5 Å². The van der Waals surface area contributed by atoms with E-state index in [4.69, 9.17) is 31.5 Å². The van der Waals surface area contributed by atoms with Crippen molar-refractivity contribution < 1.29 is 19.0 Å². The number of carbonyl (C=O) groups is 1. The molecule has 176 valence electrons. The quantitative estimate of drug-likeness (QED) is 0.566. The summed E-state index contributed by atoms with van der Waals surface area (Å²) in [6.45, 7) is 6.61. The fourth-order valence-electron chi connectivity index (χ4n) is 4.48. The van der Waals surface area contributed by atoms with Crippen LogP contribution in [0.25, 0.3) is 0 Å². The first-order chi connectivity index (χ1) is 16.2. The van der Waals surface area contributed by atoms with Gasteiger partial charge in [0.15, 0.2) is 17.3 Å². The lowest BCUT2D eigenvalue weighted by molar-refractivity contribution is -0.119. The van der Waals surface area contributed by atoms with Gasteiger partial charge in [-0.1, -0.05) is 49.7 Å². The van der Waals surface area contributed by atoms with Crippen molar-refractivity contribution in [3.05, 3.63) is 81.4 Å². The first-order valence-corrected chi connectivity index (χ1v) is 11.6. The molecule has 0 unspecified atom stereocenters. The Hall–Kier alpha value is -3.43. The van der Waals surface area contributed by atoms with Crippen LogP contribution in [0.15, 0.2) is 65.3 Å². The number of benzene rings is 2. The summed E-state index contributed by atoms with van der Waals surface area (Å²) in [5.41, 5.74) is 8.19. The Labute approximate surface area is 204 Å². The number of nitriles is 1. The fraction of sp³-hybridized carbons (Fsp3) is 0.333. The highest BCUT2D eigenvalue weighted by Crippen LogP contribution is 2.48. The summed E-state index contributed by atoms with van der Waals surface area (Å²) in [5.74, 6) is 0.981. The van der Waals surface area contributed by atoms with Crippen LogP contribution in [0.2, 0.25) is 5.02 Å². The molecule has 2 aromatic carbocycles. The van der Waals surface area contributed by atoms with Crippen LogP contribution in [0.4, 0.5) is 0 Å². The minimum atomic E-state index is -0.617. The number of hydrogen-bond donors (Lipinski definition) is 1. The summed E-state index contributed by atoms with van der Waals surface area (Å²) in [6.07, 6.45) is 0.947. The lowest BCUT2D eigenvalue weighted by Gasteiger charge is -2.37. The second-order valence-electron chi connectivity index (χ2n) is 9.22. The minimum Gasteiger partial charge on any atom is -0.490 e. The van der Waals surface area contributed by atoms with Crippen molar-refractivity contribution in [2.75, 3.05) is 6.61 Å². The van der Waals surface area contributed by atoms with Crippen LogP contribution in [-0.4, -0.2) is 12.4 Å². The van der Waals surface area contributed by atoms with Gasteiger partial charge >= 0.3 is 0 Å². The van der Waals surface area contributed by atoms with Crippen molar-refractivity contribution in [1.29, 1.82) is 5.26 Å². The molecule has 1 aliphatic heterocycles. The van der Waals surface area contributed by atoms with E-state index in [0.717, 1.165) is 11.1 Å². The van der Waals surface area contributed by atoms with Crippen molar-refractivity contribution in [2.24, 2.45) is 11.1 Å². The monoisotopic (exact) mass is 478 g/mol. The van der Waals surface area contributed by atoms with E-state index in [1.165, 1.54) is 0 Å². The van der Waals surface area contributed by atoms with E-state index in [1.54, 1.807) is 6.07 Å². The third-order valence-corrected chi connectivity index (χ3v) is 6.39. The molecular formula is C27H27ClN2O4.